The Hall–Kier alpha value is -3.72. The van der Waals surface area contributed by atoms with Crippen LogP contribution in [0.2, 0.25) is 0 Å². The highest BCUT2D eigenvalue weighted by molar-refractivity contribution is 5.72. The first-order chi connectivity index (χ1) is 12.1. The predicted octanol–water partition coefficient (Wildman–Crippen LogP) is 2.53. The summed E-state index contributed by atoms with van der Waals surface area (Å²) in [6.45, 7) is 0. The van der Waals surface area contributed by atoms with Crippen LogP contribution < -0.4 is 21.2 Å². The van der Waals surface area contributed by atoms with E-state index in [2.05, 4.69) is 4.98 Å². The van der Waals surface area contributed by atoms with Crippen molar-refractivity contribution in [1.82, 2.24) is 0 Å². The minimum absolute atomic E-state index is 0.101. The molecule has 6 heteroatoms. The van der Waals surface area contributed by atoms with Crippen molar-refractivity contribution in [2.75, 3.05) is 11.5 Å². The molecule has 0 radical (unpaired) electrons. The van der Waals surface area contributed by atoms with Gasteiger partial charge in [-0.25, -0.2) is 4.98 Å². The van der Waals surface area contributed by atoms with Gasteiger partial charge in [-0.05, 0) is 11.6 Å². The second kappa shape index (κ2) is 5.42. The predicted molar refractivity (Wildman–Crippen MR) is 92.1 cm³/mol. The molecule has 0 spiro atoms. The molecular formula is C19H15N4O2+. The number of aromatic amines is 1. The van der Waals surface area contributed by atoms with Crippen LogP contribution in [0.25, 0.3) is 0 Å². The monoisotopic (exact) mass is 331 g/mol. The number of aromatic hydroxyl groups is 1. The molecule has 0 saturated carbocycles. The van der Waals surface area contributed by atoms with E-state index in [1.54, 1.807) is 18.2 Å². The van der Waals surface area contributed by atoms with Gasteiger partial charge in [0.15, 0.2) is 5.56 Å². The number of hydrogen-bond donors (Lipinski definition) is 3. The van der Waals surface area contributed by atoms with Crippen molar-refractivity contribution < 1.29 is 14.8 Å². The van der Waals surface area contributed by atoms with Crippen LogP contribution in [0.1, 0.15) is 28.2 Å². The Morgan fingerprint density at radius 2 is 1.88 bits per heavy atom. The molecule has 0 saturated heterocycles. The number of nitrogens with one attached hydrogen (secondary N) is 1. The molecule has 4 rings (SSSR count). The number of nitriles is 1. The van der Waals surface area contributed by atoms with Gasteiger partial charge in [0.1, 0.15) is 17.6 Å². The largest absolute Gasteiger partial charge is 0.508 e. The number of benzene rings is 2. The summed E-state index contributed by atoms with van der Waals surface area (Å²) < 4.78 is 5.89. The third-order valence-electron chi connectivity index (χ3n) is 4.38. The molecule has 2 heterocycles. The highest BCUT2D eigenvalue weighted by atomic mass is 16.5. The third-order valence-corrected chi connectivity index (χ3v) is 4.38. The Morgan fingerprint density at radius 1 is 1.12 bits per heavy atom. The Bertz CT molecular complexity index is 1030. The fourth-order valence-electron chi connectivity index (χ4n) is 3.25. The molecule has 122 valence electrons. The normalized spacial score (nSPS) is 14.8. The average molecular weight is 331 g/mol. The molecule has 6 N–H and O–H groups in total. The maximum atomic E-state index is 9.80. The fraction of sp³-hybridized carbons (Fsp3) is 0.0526. The number of aromatic nitrogens is 1. The van der Waals surface area contributed by atoms with E-state index in [1.807, 2.05) is 36.4 Å². The third kappa shape index (κ3) is 2.22. The second-order valence-electron chi connectivity index (χ2n) is 5.85. The molecule has 0 amide bonds. The highest BCUT2D eigenvalue weighted by Gasteiger charge is 2.35. The van der Waals surface area contributed by atoms with Gasteiger partial charge in [-0.2, -0.15) is 5.26 Å². The molecule has 3 aromatic rings. The van der Waals surface area contributed by atoms with Crippen molar-refractivity contribution >= 4 is 11.5 Å². The molecule has 25 heavy (non-hydrogen) atoms. The Labute approximate surface area is 143 Å². The van der Waals surface area contributed by atoms with E-state index in [-0.39, 0.29) is 23.0 Å². The summed E-state index contributed by atoms with van der Waals surface area (Å²) in [6.07, 6.45) is 0. The number of nitrogens with zero attached hydrogens (tertiary/aromatic N) is 1. The SMILES string of the molecule is N#Cc1c(N)[nH+]c2c(c1N)[C@H](c1ccccc1)c1ccc(O)cc1O2. The summed E-state index contributed by atoms with van der Waals surface area (Å²) in [5, 5.41) is 19.2. The second-order valence-corrected chi connectivity index (χ2v) is 5.85. The van der Waals surface area contributed by atoms with Crippen LogP contribution in [-0.2, 0) is 0 Å². The molecule has 1 aromatic heterocycles. The number of nitrogen functional groups attached to an aromatic ring is 2. The van der Waals surface area contributed by atoms with E-state index < -0.39 is 0 Å². The van der Waals surface area contributed by atoms with Crippen LogP contribution >= 0.6 is 0 Å². The van der Waals surface area contributed by atoms with Crippen molar-refractivity contribution in [3.05, 3.63) is 70.8 Å². The fourth-order valence-corrected chi connectivity index (χ4v) is 3.25. The number of nitrogens with two attached hydrogens (primary N) is 2. The van der Waals surface area contributed by atoms with E-state index in [1.165, 1.54) is 0 Å². The van der Waals surface area contributed by atoms with Gasteiger partial charge in [0.25, 0.3) is 11.7 Å². The minimum atomic E-state index is -0.246. The van der Waals surface area contributed by atoms with Crippen molar-refractivity contribution in [2.24, 2.45) is 0 Å². The van der Waals surface area contributed by atoms with Crippen LogP contribution in [0.3, 0.4) is 0 Å². The van der Waals surface area contributed by atoms with Crippen LogP contribution in [0.4, 0.5) is 11.5 Å². The number of rotatable bonds is 1. The summed E-state index contributed by atoms with van der Waals surface area (Å²) in [5.74, 6) is 0.893. The zero-order valence-electron chi connectivity index (χ0n) is 13.2. The van der Waals surface area contributed by atoms with Crippen LogP contribution in [-0.4, -0.2) is 5.11 Å². The molecule has 0 unspecified atom stereocenters. The molecular weight excluding hydrogens is 316 g/mol. The number of hydrogen-bond acceptors (Lipinski definition) is 5. The summed E-state index contributed by atoms with van der Waals surface area (Å²) in [4.78, 5) is 2.92. The van der Waals surface area contributed by atoms with Gasteiger partial charge in [0.05, 0.1) is 11.3 Å². The number of ether oxygens (including phenoxy) is 1. The number of fused-ring (bicyclic) bond motifs is 2. The van der Waals surface area contributed by atoms with Gasteiger partial charge in [0.2, 0.25) is 0 Å². The number of anilines is 2. The molecule has 6 nitrogen and oxygen atoms in total. The number of phenols is 1. The lowest BCUT2D eigenvalue weighted by atomic mass is 9.82. The van der Waals surface area contributed by atoms with Crippen molar-refractivity contribution in [1.29, 1.82) is 5.26 Å². The van der Waals surface area contributed by atoms with Crippen molar-refractivity contribution in [3.8, 4) is 23.4 Å². The molecule has 2 aromatic carbocycles. The summed E-state index contributed by atoms with van der Waals surface area (Å²) in [6, 6.07) is 16.8. The lowest BCUT2D eigenvalue weighted by Crippen LogP contribution is -2.24. The smallest absolute Gasteiger partial charge is 0.294 e. The Balaban J connectivity index is 2.05. The van der Waals surface area contributed by atoms with Gasteiger partial charge in [-0.3, -0.25) is 5.73 Å². The quantitative estimate of drug-likeness (QED) is 0.495. The van der Waals surface area contributed by atoms with E-state index in [0.29, 0.717) is 22.9 Å². The van der Waals surface area contributed by atoms with E-state index in [4.69, 9.17) is 16.2 Å². The molecule has 0 bridgehead atoms. The Kier molecular flexibility index (Phi) is 3.22. The molecule has 1 aliphatic rings. The zero-order valence-corrected chi connectivity index (χ0v) is 13.2. The van der Waals surface area contributed by atoms with E-state index in [9.17, 15) is 10.4 Å². The lowest BCUT2D eigenvalue weighted by Gasteiger charge is -2.28. The van der Waals surface area contributed by atoms with Crippen LogP contribution in [0.15, 0.2) is 48.5 Å². The zero-order chi connectivity index (χ0) is 17.6. The highest BCUT2D eigenvalue weighted by Crippen LogP contribution is 2.49. The standard InChI is InChI=1S/C19H14N4O2/c20-9-13-17(21)16-15(10-4-2-1-3-5-10)12-7-6-11(24)8-14(12)25-19(16)23-18(13)22/h1-8,15,24H,(H4,21,22,23)/p+1/t15-/m1/s1. The molecule has 1 atom stereocenters. The van der Waals surface area contributed by atoms with E-state index >= 15 is 0 Å². The maximum absolute atomic E-state index is 9.80. The van der Waals surface area contributed by atoms with Crippen molar-refractivity contribution in [2.45, 2.75) is 5.92 Å². The van der Waals surface area contributed by atoms with Gasteiger partial charge in [-0.1, -0.05) is 36.4 Å². The summed E-state index contributed by atoms with van der Waals surface area (Å²) in [7, 11) is 0. The van der Waals surface area contributed by atoms with Gasteiger partial charge in [0, 0.05) is 17.5 Å². The molecule has 0 aliphatic carbocycles. The number of phenolic OH excluding ortho intramolecular Hbond substituents is 1. The number of pyridine rings is 1. The first kappa shape index (κ1) is 14.8. The number of H-pyrrole nitrogens is 1. The lowest BCUT2D eigenvalue weighted by molar-refractivity contribution is -0.375. The first-order valence-electron chi connectivity index (χ1n) is 7.70. The van der Waals surface area contributed by atoms with Crippen LogP contribution in [0.5, 0.6) is 17.4 Å². The first-order valence-corrected chi connectivity index (χ1v) is 7.70. The van der Waals surface area contributed by atoms with E-state index in [0.717, 1.165) is 11.1 Å². The molecule has 1 aliphatic heterocycles. The van der Waals surface area contributed by atoms with Gasteiger partial charge < -0.3 is 15.6 Å². The average Bonchev–Trinajstić information content (AvgIpc) is 2.61. The van der Waals surface area contributed by atoms with Gasteiger partial charge >= 0.3 is 0 Å². The Morgan fingerprint density at radius 3 is 2.60 bits per heavy atom. The van der Waals surface area contributed by atoms with Gasteiger partial charge in [-0.15, -0.1) is 0 Å². The van der Waals surface area contributed by atoms with Crippen molar-refractivity contribution in [3.63, 3.8) is 0 Å². The minimum Gasteiger partial charge on any atom is -0.508 e. The summed E-state index contributed by atoms with van der Waals surface area (Å²) >= 11 is 0. The summed E-state index contributed by atoms with van der Waals surface area (Å²) in [5.41, 5.74) is 15.2. The topological polar surface area (TPSA) is 119 Å². The van der Waals surface area contributed by atoms with Crippen LogP contribution in [0, 0.1) is 11.3 Å². The molecule has 0 fully saturated rings. The maximum Gasteiger partial charge on any atom is 0.294 e.